The van der Waals surface area contributed by atoms with Crippen molar-refractivity contribution in [3.63, 3.8) is 0 Å². The summed E-state index contributed by atoms with van der Waals surface area (Å²) in [6.45, 7) is 1.37. The molecule has 3 aromatic rings. The lowest BCUT2D eigenvalue weighted by atomic mass is 10.2. The number of aromatic amines is 1. The number of aromatic nitrogens is 3. The molecular formula is C18H21N5O2S. The van der Waals surface area contributed by atoms with Crippen molar-refractivity contribution in [2.45, 2.75) is 24.5 Å². The van der Waals surface area contributed by atoms with Gasteiger partial charge in [0.15, 0.2) is 0 Å². The van der Waals surface area contributed by atoms with Gasteiger partial charge in [0.2, 0.25) is 10.0 Å². The fraction of sp³-hybridized carbons (Fsp3) is 0.222. The van der Waals surface area contributed by atoms with Crippen LogP contribution < -0.4 is 5.32 Å². The predicted octanol–water partition coefficient (Wildman–Crippen LogP) is 1.92. The minimum atomic E-state index is -3.58. The Hall–Kier alpha value is -2.55. The van der Waals surface area contributed by atoms with E-state index >= 15 is 0 Å². The molecule has 0 aliphatic rings. The molecule has 2 aromatic heterocycles. The number of sulfonamides is 1. The van der Waals surface area contributed by atoms with Crippen LogP contribution in [-0.2, 0) is 29.7 Å². The summed E-state index contributed by atoms with van der Waals surface area (Å²) in [5, 5.41) is 3.28. The van der Waals surface area contributed by atoms with Crippen LogP contribution in [0.15, 0.2) is 66.0 Å². The van der Waals surface area contributed by atoms with Crippen LogP contribution in [0.3, 0.4) is 0 Å². The molecule has 0 saturated carbocycles. The third kappa shape index (κ3) is 4.54. The normalized spacial score (nSPS) is 11.8. The van der Waals surface area contributed by atoms with E-state index in [-0.39, 0.29) is 11.4 Å². The Morgan fingerprint density at radius 3 is 2.69 bits per heavy atom. The Kier molecular flexibility index (Phi) is 5.77. The topological polar surface area (TPSA) is 91.0 Å². The lowest BCUT2D eigenvalue weighted by Crippen LogP contribution is -2.27. The number of nitrogens with one attached hydrogen (secondary N) is 2. The fourth-order valence-electron chi connectivity index (χ4n) is 2.51. The molecule has 0 saturated heterocycles. The van der Waals surface area contributed by atoms with Crippen LogP contribution in [0.5, 0.6) is 0 Å². The first-order chi connectivity index (χ1) is 12.6. The van der Waals surface area contributed by atoms with E-state index in [1.54, 1.807) is 43.8 Å². The lowest BCUT2D eigenvalue weighted by molar-refractivity contribution is 0.458. The molecule has 7 nitrogen and oxygen atoms in total. The van der Waals surface area contributed by atoms with Crippen molar-refractivity contribution in [3.8, 4) is 0 Å². The molecule has 0 spiro atoms. The molecule has 0 amide bonds. The number of H-pyrrole nitrogens is 1. The zero-order valence-electron chi connectivity index (χ0n) is 14.5. The predicted molar refractivity (Wildman–Crippen MR) is 98.5 cm³/mol. The molecule has 3 rings (SSSR count). The highest BCUT2D eigenvalue weighted by atomic mass is 32.2. The van der Waals surface area contributed by atoms with Crippen LogP contribution in [0.4, 0.5) is 0 Å². The molecule has 8 heteroatoms. The van der Waals surface area contributed by atoms with Crippen LogP contribution in [0.2, 0.25) is 0 Å². The minimum Gasteiger partial charge on any atom is -0.347 e. The number of hydrogen-bond acceptors (Lipinski definition) is 5. The van der Waals surface area contributed by atoms with Crippen molar-refractivity contribution in [2.75, 3.05) is 7.05 Å². The molecule has 2 N–H and O–H groups in total. The summed E-state index contributed by atoms with van der Waals surface area (Å²) in [5.41, 5.74) is 1.84. The maximum Gasteiger partial charge on any atom is 0.243 e. The van der Waals surface area contributed by atoms with Crippen LogP contribution in [0.1, 0.15) is 17.1 Å². The SMILES string of the molecule is CN(Cc1ncc[nH]1)S(=O)(=O)c1cccc(CNCc2ccccn2)c1. The van der Waals surface area contributed by atoms with Crippen molar-refractivity contribution >= 4 is 10.0 Å². The average molecular weight is 371 g/mol. The van der Waals surface area contributed by atoms with E-state index < -0.39 is 10.0 Å². The molecule has 0 atom stereocenters. The molecule has 0 bridgehead atoms. The van der Waals surface area contributed by atoms with E-state index in [0.29, 0.717) is 18.9 Å². The minimum absolute atomic E-state index is 0.192. The number of benzene rings is 1. The monoisotopic (exact) mass is 371 g/mol. The van der Waals surface area contributed by atoms with Gasteiger partial charge in [0.05, 0.1) is 17.1 Å². The van der Waals surface area contributed by atoms with E-state index in [1.807, 2.05) is 24.3 Å². The van der Waals surface area contributed by atoms with Gasteiger partial charge in [0, 0.05) is 38.7 Å². The average Bonchev–Trinajstić information content (AvgIpc) is 3.16. The Labute approximate surface area is 153 Å². The Balaban J connectivity index is 1.65. The highest BCUT2D eigenvalue weighted by Gasteiger charge is 2.21. The molecule has 1 aromatic carbocycles. The molecular weight excluding hydrogens is 350 g/mol. The molecule has 2 heterocycles. The third-order valence-electron chi connectivity index (χ3n) is 3.90. The van der Waals surface area contributed by atoms with E-state index in [0.717, 1.165) is 11.3 Å². The van der Waals surface area contributed by atoms with Gasteiger partial charge in [-0.15, -0.1) is 0 Å². The van der Waals surface area contributed by atoms with Gasteiger partial charge < -0.3 is 10.3 Å². The fourth-order valence-corrected chi connectivity index (χ4v) is 3.72. The van der Waals surface area contributed by atoms with Crippen LogP contribution in [-0.4, -0.2) is 34.7 Å². The van der Waals surface area contributed by atoms with E-state index in [1.165, 1.54) is 4.31 Å². The van der Waals surface area contributed by atoms with Crippen LogP contribution in [0, 0.1) is 0 Å². The van der Waals surface area contributed by atoms with Crippen LogP contribution >= 0.6 is 0 Å². The maximum absolute atomic E-state index is 12.8. The van der Waals surface area contributed by atoms with Gasteiger partial charge in [-0.05, 0) is 29.8 Å². The van der Waals surface area contributed by atoms with E-state index in [2.05, 4.69) is 20.3 Å². The molecule has 0 aliphatic heterocycles. The van der Waals surface area contributed by atoms with Crippen molar-refractivity contribution in [2.24, 2.45) is 0 Å². The Morgan fingerprint density at radius 2 is 1.96 bits per heavy atom. The quantitative estimate of drug-likeness (QED) is 0.631. The molecule has 0 unspecified atom stereocenters. The molecule has 0 aliphatic carbocycles. The Bertz CT molecular complexity index is 927. The lowest BCUT2D eigenvalue weighted by Gasteiger charge is -2.16. The van der Waals surface area contributed by atoms with Crippen molar-refractivity contribution in [1.82, 2.24) is 24.6 Å². The number of hydrogen-bond donors (Lipinski definition) is 2. The van der Waals surface area contributed by atoms with Gasteiger partial charge in [0.25, 0.3) is 0 Å². The molecule has 0 fully saturated rings. The summed E-state index contributed by atoms with van der Waals surface area (Å²) in [6, 6.07) is 12.7. The first-order valence-electron chi connectivity index (χ1n) is 8.20. The third-order valence-corrected chi connectivity index (χ3v) is 5.69. The highest BCUT2D eigenvalue weighted by Crippen LogP contribution is 2.17. The van der Waals surface area contributed by atoms with Gasteiger partial charge in [-0.25, -0.2) is 13.4 Å². The van der Waals surface area contributed by atoms with Gasteiger partial charge in [-0.1, -0.05) is 18.2 Å². The zero-order valence-corrected chi connectivity index (χ0v) is 15.3. The number of rotatable bonds is 8. The summed E-state index contributed by atoms with van der Waals surface area (Å²) < 4.78 is 26.8. The van der Waals surface area contributed by atoms with Gasteiger partial charge >= 0.3 is 0 Å². The van der Waals surface area contributed by atoms with Crippen LogP contribution in [0.25, 0.3) is 0 Å². The summed E-state index contributed by atoms with van der Waals surface area (Å²) in [5.74, 6) is 0.601. The summed E-state index contributed by atoms with van der Waals surface area (Å²) in [6.07, 6.45) is 5.02. The van der Waals surface area contributed by atoms with Crippen molar-refractivity contribution < 1.29 is 8.42 Å². The Morgan fingerprint density at radius 1 is 1.08 bits per heavy atom. The van der Waals surface area contributed by atoms with Gasteiger partial charge in [0.1, 0.15) is 5.82 Å². The first-order valence-corrected chi connectivity index (χ1v) is 9.64. The summed E-state index contributed by atoms with van der Waals surface area (Å²) >= 11 is 0. The van der Waals surface area contributed by atoms with Crippen molar-refractivity contribution in [1.29, 1.82) is 0 Å². The molecule has 0 radical (unpaired) electrons. The van der Waals surface area contributed by atoms with E-state index in [4.69, 9.17) is 0 Å². The maximum atomic E-state index is 12.8. The van der Waals surface area contributed by atoms with E-state index in [9.17, 15) is 8.42 Å². The van der Waals surface area contributed by atoms with Crippen molar-refractivity contribution in [3.05, 3.63) is 78.1 Å². The standard InChI is InChI=1S/C18H21N5O2S/c1-23(14-18-21-9-10-22-18)26(24,25)17-7-4-5-15(11-17)12-19-13-16-6-2-3-8-20-16/h2-11,19H,12-14H2,1H3,(H,21,22). The molecule has 136 valence electrons. The largest absolute Gasteiger partial charge is 0.347 e. The number of imidazole rings is 1. The van der Waals surface area contributed by atoms with Gasteiger partial charge in [-0.2, -0.15) is 4.31 Å². The first kappa shape index (κ1) is 18.2. The second-order valence-corrected chi connectivity index (χ2v) is 7.91. The second kappa shape index (κ2) is 8.22. The second-order valence-electron chi connectivity index (χ2n) is 5.87. The summed E-state index contributed by atoms with van der Waals surface area (Å²) in [4.78, 5) is 11.5. The smallest absolute Gasteiger partial charge is 0.243 e. The van der Waals surface area contributed by atoms with Gasteiger partial charge in [-0.3, -0.25) is 4.98 Å². The summed E-state index contributed by atoms with van der Waals surface area (Å²) in [7, 11) is -2.04. The number of nitrogens with zero attached hydrogens (tertiary/aromatic N) is 3. The number of pyridine rings is 1. The zero-order chi connectivity index (χ0) is 18.4. The highest BCUT2D eigenvalue weighted by molar-refractivity contribution is 7.89. The molecule has 26 heavy (non-hydrogen) atoms.